The predicted molar refractivity (Wildman–Crippen MR) is 83.8 cm³/mol. The largest absolute Gasteiger partial charge is 0.373 e. The van der Waals surface area contributed by atoms with Gasteiger partial charge in [-0.1, -0.05) is 0 Å². The molecular formula is C16H19N3O2S. The fourth-order valence-corrected chi connectivity index (χ4v) is 4.25. The molecule has 2 atom stereocenters. The van der Waals surface area contributed by atoms with E-state index in [0.29, 0.717) is 13.0 Å². The summed E-state index contributed by atoms with van der Waals surface area (Å²) in [5.74, 6) is 1.20. The van der Waals surface area contributed by atoms with Crippen LogP contribution in [-0.4, -0.2) is 28.1 Å². The van der Waals surface area contributed by atoms with Crippen molar-refractivity contribution in [2.75, 3.05) is 6.61 Å². The van der Waals surface area contributed by atoms with Crippen LogP contribution in [0.3, 0.4) is 0 Å². The van der Waals surface area contributed by atoms with E-state index in [9.17, 15) is 4.79 Å². The third-order valence-electron chi connectivity index (χ3n) is 4.45. The number of carbonyl (C=O) groups is 1. The van der Waals surface area contributed by atoms with Gasteiger partial charge in [0.05, 0.1) is 19.1 Å². The lowest BCUT2D eigenvalue weighted by molar-refractivity contribution is -0.125. The van der Waals surface area contributed by atoms with Crippen molar-refractivity contribution in [3.8, 4) is 0 Å². The lowest BCUT2D eigenvalue weighted by atomic mass is 10.0. The second kappa shape index (κ2) is 5.85. The third kappa shape index (κ3) is 2.68. The highest BCUT2D eigenvalue weighted by atomic mass is 32.1. The Labute approximate surface area is 133 Å². The van der Waals surface area contributed by atoms with Crippen LogP contribution in [-0.2, 0) is 28.9 Å². The molecule has 0 radical (unpaired) electrons. The van der Waals surface area contributed by atoms with Crippen LogP contribution in [0.4, 0.5) is 0 Å². The number of amides is 1. The van der Waals surface area contributed by atoms with Crippen LogP contribution in [0.1, 0.15) is 35.2 Å². The SMILES string of the molecule is O=C(C[C@H]1OCCc2sccc21)N[C@@H]1CCc2nccn2C1. The van der Waals surface area contributed by atoms with Crippen molar-refractivity contribution < 1.29 is 9.53 Å². The molecule has 0 aromatic carbocycles. The minimum absolute atomic E-state index is 0.0811. The molecule has 4 heterocycles. The van der Waals surface area contributed by atoms with E-state index < -0.39 is 0 Å². The van der Waals surface area contributed by atoms with Crippen molar-refractivity contribution in [2.45, 2.75) is 44.4 Å². The van der Waals surface area contributed by atoms with E-state index in [1.807, 2.05) is 12.4 Å². The Balaban J connectivity index is 1.36. The van der Waals surface area contributed by atoms with Gasteiger partial charge in [-0.2, -0.15) is 0 Å². The van der Waals surface area contributed by atoms with Gasteiger partial charge in [0.25, 0.3) is 0 Å². The van der Waals surface area contributed by atoms with Gasteiger partial charge in [0.2, 0.25) is 5.91 Å². The molecule has 22 heavy (non-hydrogen) atoms. The Morgan fingerprint density at radius 1 is 1.50 bits per heavy atom. The van der Waals surface area contributed by atoms with E-state index in [-0.39, 0.29) is 18.1 Å². The van der Waals surface area contributed by atoms with Gasteiger partial charge in [0.1, 0.15) is 5.82 Å². The average molecular weight is 317 g/mol. The number of imidazole rings is 1. The van der Waals surface area contributed by atoms with E-state index in [1.165, 1.54) is 10.4 Å². The van der Waals surface area contributed by atoms with E-state index in [1.54, 1.807) is 11.3 Å². The van der Waals surface area contributed by atoms with Gasteiger partial charge in [0.15, 0.2) is 0 Å². The molecule has 0 saturated heterocycles. The molecule has 0 aliphatic carbocycles. The number of fused-ring (bicyclic) bond motifs is 2. The molecular weight excluding hydrogens is 298 g/mol. The summed E-state index contributed by atoms with van der Waals surface area (Å²) in [6.07, 6.45) is 6.99. The van der Waals surface area contributed by atoms with E-state index in [2.05, 4.69) is 26.3 Å². The molecule has 1 amide bonds. The molecule has 6 heteroatoms. The van der Waals surface area contributed by atoms with Crippen LogP contribution in [0.15, 0.2) is 23.8 Å². The number of carbonyl (C=O) groups excluding carboxylic acids is 1. The number of rotatable bonds is 3. The minimum atomic E-state index is -0.0811. The first kappa shape index (κ1) is 14.0. The van der Waals surface area contributed by atoms with Crippen LogP contribution in [0.5, 0.6) is 0 Å². The normalized spacial score (nSPS) is 23.6. The number of aryl methyl sites for hydroxylation is 1. The van der Waals surface area contributed by atoms with Crippen LogP contribution < -0.4 is 5.32 Å². The van der Waals surface area contributed by atoms with Crippen molar-refractivity contribution in [2.24, 2.45) is 0 Å². The summed E-state index contributed by atoms with van der Waals surface area (Å²) in [5.41, 5.74) is 1.20. The first-order valence-corrected chi connectivity index (χ1v) is 8.65. The Bertz CT molecular complexity index is 678. The van der Waals surface area contributed by atoms with Crippen LogP contribution in [0.25, 0.3) is 0 Å². The fourth-order valence-electron chi connectivity index (χ4n) is 3.33. The smallest absolute Gasteiger partial charge is 0.223 e. The van der Waals surface area contributed by atoms with E-state index >= 15 is 0 Å². The summed E-state index contributed by atoms with van der Waals surface area (Å²) in [4.78, 5) is 18.0. The predicted octanol–water partition coefficient (Wildman–Crippen LogP) is 2.08. The Hall–Kier alpha value is -1.66. The maximum Gasteiger partial charge on any atom is 0.223 e. The molecule has 0 saturated carbocycles. The highest BCUT2D eigenvalue weighted by Crippen LogP contribution is 2.33. The van der Waals surface area contributed by atoms with Gasteiger partial charge in [0, 0.05) is 42.7 Å². The molecule has 5 nitrogen and oxygen atoms in total. The number of nitrogens with zero attached hydrogens (tertiary/aromatic N) is 2. The van der Waals surface area contributed by atoms with Gasteiger partial charge >= 0.3 is 0 Å². The quantitative estimate of drug-likeness (QED) is 0.943. The second-order valence-electron chi connectivity index (χ2n) is 5.91. The highest BCUT2D eigenvalue weighted by molar-refractivity contribution is 7.10. The van der Waals surface area contributed by atoms with Crippen molar-refractivity contribution in [3.05, 3.63) is 40.1 Å². The van der Waals surface area contributed by atoms with E-state index in [0.717, 1.165) is 31.6 Å². The molecule has 4 rings (SSSR count). The van der Waals surface area contributed by atoms with Gasteiger partial charge in [-0.15, -0.1) is 11.3 Å². The number of ether oxygens (including phenoxy) is 1. The standard InChI is InChI=1S/C16H19N3O2S/c20-16(9-13-12-4-8-22-14(12)3-7-21-13)18-11-1-2-15-17-5-6-19(15)10-11/h4-6,8,11,13H,1-3,7,9-10H2,(H,18,20)/t11-,13-/m1/s1. The highest BCUT2D eigenvalue weighted by Gasteiger charge is 2.26. The summed E-state index contributed by atoms with van der Waals surface area (Å²) >= 11 is 1.76. The zero-order valence-corrected chi connectivity index (χ0v) is 13.1. The number of hydrogen-bond donors (Lipinski definition) is 1. The monoisotopic (exact) mass is 317 g/mol. The topological polar surface area (TPSA) is 56.1 Å². The minimum Gasteiger partial charge on any atom is -0.373 e. The number of thiophene rings is 1. The zero-order chi connectivity index (χ0) is 14.9. The molecule has 0 spiro atoms. The second-order valence-corrected chi connectivity index (χ2v) is 6.91. The molecule has 2 aliphatic heterocycles. The molecule has 2 aromatic rings. The summed E-state index contributed by atoms with van der Waals surface area (Å²) in [6.45, 7) is 1.53. The Kier molecular flexibility index (Phi) is 3.72. The van der Waals surface area contributed by atoms with Gasteiger partial charge in [-0.05, 0) is 23.4 Å². The van der Waals surface area contributed by atoms with Crippen molar-refractivity contribution in [1.82, 2.24) is 14.9 Å². The third-order valence-corrected chi connectivity index (χ3v) is 5.44. The van der Waals surface area contributed by atoms with Crippen LogP contribution >= 0.6 is 11.3 Å². The first-order valence-electron chi connectivity index (χ1n) is 7.77. The lowest BCUT2D eigenvalue weighted by Gasteiger charge is -2.27. The Morgan fingerprint density at radius 2 is 2.45 bits per heavy atom. The van der Waals surface area contributed by atoms with Crippen molar-refractivity contribution in [1.29, 1.82) is 0 Å². The Morgan fingerprint density at radius 3 is 3.41 bits per heavy atom. The molecule has 0 fully saturated rings. The molecule has 0 unspecified atom stereocenters. The number of aromatic nitrogens is 2. The summed E-state index contributed by atoms with van der Waals surface area (Å²) in [5, 5.41) is 5.24. The number of hydrogen-bond acceptors (Lipinski definition) is 4. The van der Waals surface area contributed by atoms with Crippen molar-refractivity contribution >= 4 is 17.2 Å². The summed E-state index contributed by atoms with van der Waals surface area (Å²) in [6, 6.07) is 2.29. The summed E-state index contributed by atoms with van der Waals surface area (Å²) in [7, 11) is 0. The zero-order valence-electron chi connectivity index (χ0n) is 12.3. The van der Waals surface area contributed by atoms with Gasteiger partial charge in [-0.25, -0.2) is 4.98 Å². The molecule has 2 aliphatic rings. The molecule has 2 aromatic heterocycles. The van der Waals surface area contributed by atoms with Crippen molar-refractivity contribution in [3.63, 3.8) is 0 Å². The maximum absolute atomic E-state index is 12.3. The first-order chi connectivity index (χ1) is 10.8. The van der Waals surface area contributed by atoms with E-state index in [4.69, 9.17) is 4.74 Å². The summed E-state index contributed by atoms with van der Waals surface area (Å²) < 4.78 is 7.92. The fraction of sp³-hybridized carbons (Fsp3) is 0.500. The van der Waals surface area contributed by atoms with Crippen LogP contribution in [0.2, 0.25) is 0 Å². The molecule has 0 bridgehead atoms. The number of nitrogens with one attached hydrogen (secondary N) is 1. The van der Waals surface area contributed by atoms with Crippen LogP contribution in [0, 0.1) is 0 Å². The van der Waals surface area contributed by atoms with Gasteiger partial charge < -0.3 is 14.6 Å². The average Bonchev–Trinajstić information content (AvgIpc) is 3.15. The molecule has 1 N–H and O–H groups in total. The maximum atomic E-state index is 12.3. The molecule has 116 valence electrons. The lowest BCUT2D eigenvalue weighted by Crippen LogP contribution is -2.41. The van der Waals surface area contributed by atoms with Gasteiger partial charge in [-0.3, -0.25) is 4.79 Å².